The number of likely N-dealkylation sites (tertiary alicyclic amines) is 1. The second-order valence-corrected chi connectivity index (χ2v) is 5.83. The van der Waals surface area contributed by atoms with Gasteiger partial charge in [-0.1, -0.05) is 60.7 Å². The first-order valence-corrected chi connectivity index (χ1v) is 7.67. The molecule has 22 heavy (non-hydrogen) atoms. The Morgan fingerprint density at radius 2 is 1.68 bits per heavy atom. The van der Waals surface area contributed by atoms with Crippen molar-refractivity contribution in [1.29, 1.82) is 0 Å². The van der Waals surface area contributed by atoms with Crippen molar-refractivity contribution in [3.05, 3.63) is 71.8 Å². The fraction of sp³-hybridized carbons (Fsp3) is 0.316. The van der Waals surface area contributed by atoms with Gasteiger partial charge in [-0.05, 0) is 11.1 Å². The van der Waals surface area contributed by atoms with Gasteiger partial charge in [-0.25, -0.2) is 0 Å². The van der Waals surface area contributed by atoms with Gasteiger partial charge in [-0.3, -0.25) is 9.69 Å². The molecular formula is C19H21NO2. The summed E-state index contributed by atoms with van der Waals surface area (Å²) in [5.41, 5.74) is 2.49. The number of carbonyl (C=O) groups is 1. The van der Waals surface area contributed by atoms with Gasteiger partial charge in [0, 0.05) is 25.6 Å². The first-order valence-electron chi connectivity index (χ1n) is 7.67. The van der Waals surface area contributed by atoms with E-state index < -0.39 is 0 Å². The minimum absolute atomic E-state index is 0.0869. The Bertz CT molecular complexity index is 612. The Morgan fingerprint density at radius 3 is 2.32 bits per heavy atom. The van der Waals surface area contributed by atoms with Crippen LogP contribution in [0.15, 0.2) is 60.7 Å². The monoisotopic (exact) mass is 295 g/mol. The van der Waals surface area contributed by atoms with Crippen LogP contribution in [0.2, 0.25) is 0 Å². The van der Waals surface area contributed by atoms with Crippen molar-refractivity contribution < 1.29 is 9.53 Å². The maximum Gasteiger partial charge on any atom is 0.310 e. The molecule has 0 amide bonds. The maximum absolute atomic E-state index is 12.1. The van der Waals surface area contributed by atoms with Crippen LogP contribution < -0.4 is 0 Å². The predicted octanol–water partition coefficient (Wildman–Crippen LogP) is 3.08. The fourth-order valence-electron chi connectivity index (χ4n) is 3.28. The Hall–Kier alpha value is -2.13. The largest absolute Gasteiger partial charge is 0.469 e. The van der Waals surface area contributed by atoms with E-state index in [1.165, 1.54) is 18.2 Å². The van der Waals surface area contributed by atoms with Gasteiger partial charge in [0.15, 0.2) is 0 Å². The van der Waals surface area contributed by atoms with E-state index in [9.17, 15) is 4.79 Å². The van der Waals surface area contributed by atoms with Crippen LogP contribution in [0, 0.1) is 5.92 Å². The van der Waals surface area contributed by atoms with Crippen molar-refractivity contribution >= 4 is 5.97 Å². The van der Waals surface area contributed by atoms with E-state index in [4.69, 9.17) is 4.74 Å². The Morgan fingerprint density at radius 1 is 1.05 bits per heavy atom. The highest BCUT2D eigenvalue weighted by molar-refractivity contribution is 5.74. The zero-order valence-electron chi connectivity index (χ0n) is 12.8. The Balaban J connectivity index is 1.78. The molecule has 1 aliphatic heterocycles. The van der Waals surface area contributed by atoms with Gasteiger partial charge in [-0.15, -0.1) is 0 Å². The summed E-state index contributed by atoms with van der Waals surface area (Å²) in [6.45, 7) is 2.51. The minimum atomic E-state index is -0.107. The topological polar surface area (TPSA) is 29.5 Å². The zero-order chi connectivity index (χ0) is 15.4. The summed E-state index contributed by atoms with van der Waals surface area (Å²) >= 11 is 0. The van der Waals surface area contributed by atoms with E-state index >= 15 is 0 Å². The van der Waals surface area contributed by atoms with Crippen LogP contribution in [0.3, 0.4) is 0 Å². The second kappa shape index (κ2) is 6.75. The molecule has 0 spiro atoms. The molecule has 0 N–H and O–H groups in total. The van der Waals surface area contributed by atoms with E-state index in [1.54, 1.807) is 0 Å². The molecular weight excluding hydrogens is 274 g/mol. The van der Waals surface area contributed by atoms with Gasteiger partial charge in [0.05, 0.1) is 13.0 Å². The lowest BCUT2D eigenvalue weighted by molar-refractivity contribution is -0.145. The van der Waals surface area contributed by atoms with E-state index in [0.717, 1.165) is 19.6 Å². The van der Waals surface area contributed by atoms with Crippen molar-refractivity contribution in [2.24, 2.45) is 5.92 Å². The molecule has 0 bridgehead atoms. The first kappa shape index (κ1) is 14.8. The SMILES string of the molecule is COC(=O)C1CN(Cc2ccccc2)CC1c1ccccc1. The van der Waals surface area contributed by atoms with Crippen molar-refractivity contribution in [2.75, 3.05) is 20.2 Å². The standard InChI is InChI=1S/C19H21NO2/c1-22-19(21)18-14-20(12-15-8-4-2-5-9-15)13-17(18)16-10-6-3-7-11-16/h2-11,17-18H,12-14H2,1H3. The molecule has 0 aliphatic carbocycles. The summed E-state index contributed by atoms with van der Waals surface area (Å²) in [5, 5.41) is 0. The average Bonchev–Trinajstić information content (AvgIpc) is 3.00. The van der Waals surface area contributed by atoms with Crippen molar-refractivity contribution in [3.8, 4) is 0 Å². The van der Waals surface area contributed by atoms with Crippen molar-refractivity contribution in [1.82, 2.24) is 4.90 Å². The molecule has 3 nitrogen and oxygen atoms in total. The number of benzene rings is 2. The van der Waals surface area contributed by atoms with E-state index in [0.29, 0.717) is 0 Å². The number of esters is 1. The molecule has 3 rings (SSSR count). The van der Waals surface area contributed by atoms with E-state index in [-0.39, 0.29) is 17.8 Å². The Labute approximate surface area is 131 Å². The van der Waals surface area contributed by atoms with Crippen LogP contribution in [0.25, 0.3) is 0 Å². The summed E-state index contributed by atoms with van der Waals surface area (Å²) in [5.74, 6) is 0.0119. The molecule has 2 unspecified atom stereocenters. The number of rotatable bonds is 4. The molecule has 1 fully saturated rings. The van der Waals surface area contributed by atoms with E-state index in [2.05, 4.69) is 41.3 Å². The van der Waals surface area contributed by atoms with Gasteiger partial charge in [0.2, 0.25) is 0 Å². The lowest BCUT2D eigenvalue weighted by atomic mass is 9.89. The highest BCUT2D eigenvalue weighted by Crippen LogP contribution is 2.34. The van der Waals surface area contributed by atoms with Crippen LogP contribution in [0.1, 0.15) is 17.0 Å². The molecule has 2 aromatic carbocycles. The van der Waals surface area contributed by atoms with Crippen molar-refractivity contribution in [2.45, 2.75) is 12.5 Å². The van der Waals surface area contributed by atoms with Gasteiger partial charge < -0.3 is 4.74 Å². The summed E-state index contributed by atoms with van der Waals surface area (Å²) < 4.78 is 5.02. The number of hydrogen-bond acceptors (Lipinski definition) is 3. The lowest BCUT2D eigenvalue weighted by Gasteiger charge is -2.16. The molecule has 0 saturated carbocycles. The number of carbonyl (C=O) groups excluding carboxylic acids is 1. The molecule has 3 heteroatoms. The summed E-state index contributed by atoms with van der Waals surface area (Å²) in [7, 11) is 1.48. The number of hydrogen-bond donors (Lipinski definition) is 0. The number of methoxy groups -OCH3 is 1. The molecule has 1 aliphatic rings. The van der Waals surface area contributed by atoms with E-state index in [1.807, 2.05) is 24.3 Å². The third kappa shape index (κ3) is 3.20. The highest BCUT2D eigenvalue weighted by Gasteiger charge is 2.38. The van der Waals surface area contributed by atoms with Gasteiger partial charge in [0.1, 0.15) is 0 Å². The van der Waals surface area contributed by atoms with Crippen LogP contribution in [-0.2, 0) is 16.1 Å². The molecule has 114 valence electrons. The number of ether oxygens (including phenoxy) is 1. The lowest BCUT2D eigenvalue weighted by Crippen LogP contribution is -2.24. The summed E-state index contributed by atoms with van der Waals surface area (Å²) in [6.07, 6.45) is 0. The summed E-state index contributed by atoms with van der Waals surface area (Å²) in [6, 6.07) is 20.7. The third-order valence-corrected chi connectivity index (χ3v) is 4.38. The molecule has 0 aromatic heterocycles. The van der Waals surface area contributed by atoms with Crippen LogP contribution in [-0.4, -0.2) is 31.1 Å². The first-order chi connectivity index (χ1) is 10.8. The maximum atomic E-state index is 12.1. The summed E-state index contributed by atoms with van der Waals surface area (Å²) in [4.78, 5) is 14.5. The fourth-order valence-corrected chi connectivity index (χ4v) is 3.28. The van der Waals surface area contributed by atoms with Gasteiger partial charge in [0.25, 0.3) is 0 Å². The van der Waals surface area contributed by atoms with Crippen LogP contribution in [0.4, 0.5) is 0 Å². The molecule has 2 aromatic rings. The van der Waals surface area contributed by atoms with Gasteiger partial charge >= 0.3 is 5.97 Å². The molecule has 1 saturated heterocycles. The zero-order valence-corrected chi connectivity index (χ0v) is 12.8. The van der Waals surface area contributed by atoms with Crippen molar-refractivity contribution in [3.63, 3.8) is 0 Å². The smallest absolute Gasteiger partial charge is 0.310 e. The second-order valence-electron chi connectivity index (χ2n) is 5.83. The molecule has 2 atom stereocenters. The van der Waals surface area contributed by atoms with Crippen LogP contribution >= 0.6 is 0 Å². The third-order valence-electron chi connectivity index (χ3n) is 4.38. The normalized spacial score (nSPS) is 21.7. The number of nitrogens with zero attached hydrogens (tertiary/aromatic N) is 1. The minimum Gasteiger partial charge on any atom is -0.469 e. The molecule has 0 radical (unpaired) electrons. The average molecular weight is 295 g/mol. The molecule has 1 heterocycles. The van der Waals surface area contributed by atoms with Gasteiger partial charge in [-0.2, -0.15) is 0 Å². The Kier molecular flexibility index (Phi) is 4.54. The quantitative estimate of drug-likeness (QED) is 0.812. The highest BCUT2D eigenvalue weighted by atomic mass is 16.5. The van der Waals surface area contributed by atoms with Crippen LogP contribution in [0.5, 0.6) is 0 Å². The predicted molar refractivity (Wildman–Crippen MR) is 86.4 cm³/mol.